The number of nitrogens with zero attached hydrogens (tertiary/aromatic N) is 1. The second-order valence-corrected chi connectivity index (χ2v) is 5.08. The molecule has 13 heavy (non-hydrogen) atoms. The van der Waals surface area contributed by atoms with Gasteiger partial charge in [-0.15, -0.1) is 0 Å². The van der Waals surface area contributed by atoms with Crippen LogP contribution in [0, 0.1) is 11.8 Å². The van der Waals surface area contributed by atoms with E-state index in [1.54, 1.807) is 0 Å². The zero-order chi connectivity index (χ0) is 10.0. The third kappa shape index (κ3) is 2.51. The molecule has 74 valence electrons. The van der Waals surface area contributed by atoms with Crippen molar-refractivity contribution in [1.29, 1.82) is 0 Å². The lowest BCUT2D eigenvalue weighted by Gasteiger charge is -2.20. The molecule has 0 radical (unpaired) electrons. The summed E-state index contributed by atoms with van der Waals surface area (Å²) < 4.78 is 5.08. The zero-order valence-corrected chi connectivity index (χ0v) is 10.4. The summed E-state index contributed by atoms with van der Waals surface area (Å²) in [6, 6.07) is 0. The molecule has 0 saturated heterocycles. The summed E-state index contributed by atoms with van der Waals surface area (Å²) >= 11 is 4.74. The number of hydrogen-bond acceptors (Lipinski definition) is 3. The summed E-state index contributed by atoms with van der Waals surface area (Å²) in [7, 11) is 0. The fourth-order valence-electron chi connectivity index (χ4n) is 1.04. The fourth-order valence-corrected chi connectivity index (χ4v) is 2.32. The quantitative estimate of drug-likeness (QED) is 0.909. The lowest BCUT2D eigenvalue weighted by Crippen LogP contribution is -2.15. The lowest BCUT2D eigenvalue weighted by atomic mass is 9.91. The van der Waals surface area contributed by atoms with Crippen molar-refractivity contribution in [3.8, 4) is 0 Å². The van der Waals surface area contributed by atoms with Crippen LogP contribution in [-0.4, -0.2) is 9.48 Å². The predicted octanol–water partition coefficient (Wildman–Crippen LogP) is 3.23. The molecule has 2 nitrogen and oxygen atoms in total. The molecule has 0 fully saturated rings. The molecule has 1 heterocycles. The highest BCUT2D eigenvalue weighted by Crippen LogP contribution is 2.32. The average molecular weight is 264 g/mol. The van der Waals surface area contributed by atoms with Gasteiger partial charge < -0.3 is 5.11 Å². The first-order valence-corrected chi connectivity index (χ1v) is 5.94. The van der Waals surface area contributed by atoms with E-state index in [-0.39, 0.29) is 5.92 Å². The Balaban J connectivity index is 2.79. The first-order valence-electron chi connectivity index (χ1n) is 4.32. The molecule has 1 aromatic rings. The van der Waals surface area contributed by atoms with Gasteiger partial charge in [0.05, 0.1) is 10.2 Å². The van der Waals surface area contributed by atoms with E-state index >= 15 is 0 Å². The minimum absolute atomic E-state index is 0.235. The molecule has 2 unspecified atom stereocenters. The monoisotopic (exact) mass is 263 g/mol. The zero-order valence-electron chi connectivity index (χ0n) is 7.99. The number of aliphatic hydroxyl groups excluding tert-OH is 1. The smallest absolute Gasteiger partial charge is 0.101 e. The van der Waals surface area contributed by atoms with E-state index in [1.165, 1.54) is 11.5 Å². The summed E-state index contributed by atoms with van der Waals surface area (Å²) in [5.74, 6) is 0.696. The third-order valence-corrected chi connectivity index (χ3v) is 3.96. The van der Waals surface area contributed by atoms with Crippen molar-refractivity contribution in [2.24, 2.45) is 11.8 Å². The maximum Gasteiger partial charge on any atom is 0.101 e. The molecule has 4 heteroatoms. The molecular weight excluding hydrogens is 250 g/mol. The van der Waals surface area contributed by atoms with Gasteiger partial charge in [-0.3, -0.25) is 0 Å². The molecular formula is C9H14BrNOS. The highest BCUT2D eigenvalue weighted by atomic mass is 79.9. The molecule has 0 spiro atoms. The molecule has 0 aliphatic rings. The largest absolute Gasteiger partial charge is 0.386 e. The van der Waals surface area contributed by atoms with Gasteiger partial charge in [0.15, 0.2) is 0 Å². The molecule has 0 bridgehead atoms. The van der Waals surface area contributed by atoms with Crippen LogP contribution in [0.25, 0.3) is 0 Å². The fraction of sp³-hybridized carbons (Fsp3) is 0.667. The van der Waals surface area contributed by atoms with Crippen LogP contribution < -0.4 is 0 Å². The van der Waals surface area contributed by atoms with Crippen molar-refractivity contribution >= 4 is 27.5 Å². The Bertz CT molecular complexity index is 274. The molecule has 1 aromatic heterocycles. The van der Waals surface area contributed by atoms with E-state index < -0.39 is 6.10 Å². The molecule has 0 aliphatic heterocycles. The van der Waals surface area contributed by atoms with E-state index in [4.69, 9.17) is 0 Å². The topological polar surface area (TPSA) is 33.1 Å². The first kappa shape index (κ1) is 11.1. The molecule has 0 aromatic carbocycles. The average Bonchev–Trinajstić information content (AvgIpc) is 2.48. The van der Waals surface area contributed by atoms with Crippen molar-refractivity contribution < 1.29 is 5.11 Å². The Labute approximate surface area is 91.3 Å². The van der Waals surface area contributed by atoms with E-state index in [0.717, 1.165) is 10.2 Å². The van der Waals surface area contributed by atoms with Gasteiger partial charge in [0.2, 0.25) is 0 Å². The molecule has 2 atom stereocenters. The van der Waals surface area contributed by atoms with E-state index in [1.807, 2.05) is 12.3 Å². The SMILES string of the molecule is CC(C)C(C)C(O)c1nscc1Br. The second-order valence-electron chi connectivity index (χ2n) is 3.60. The summed E-state index contributed by atoms with van der Waals surface area (Å²) in [5, 5.41) is 11.8. The van der Waals surface area contributed by atoms with E-state index in [9.17, 15) is 5.11 Å². The maximum absolute atomic E-state index is 9.94. The van der Waals surface area contributed by atoms with Crippen LogP contribution in [-0.2, 0) is 0 Å². The highest BCUT2D eigenvalue weighted by Gasteiger charge is 2.23. The minimum Gasteiger partial charge on any atom is -0.386 e. The van der Waals surface area contributed by atoms with Gasteiger partial charge in [0, 0.05) is 5.38 Å². The van der Waals surface area contributed by atoms with Crippen LogP contribution in [0.15, 0.2) is 9.85 Å². The molecule has 1 rings (SSSR count). The van der Waals surface area contributed by atoms with Crippen LogP contribution in [0.4, 0.5) is 0 Å². The van der Waals surface area contributed by atoms with Crippen molar-refractivity contribution in [2.75, 3.05) is 0 Å². The van der Waals surface area contributed by atoms with Gasteiger partial charge in [0.1, 0.15) is 6.10 Å². The van der Waals surface area contributed by atoms with Crippen LogP contribution in [0.5, 0.6) is 0 Å². The van der Waals surface area contributed by atoms with Crippen LogP contribution in [0.3, 0.4) is 0 Å². The molecule has 0 amide bonds. The van der Waals surface area contributed by atoms with Gasteiger partial charge in [-0.2, -0.15) is 4.37 Å². The van der Waals surface area contributed by atoms with Crippen molar-refractivity contribution in [1.82, 2.24) is 4.37 Å². The van der Waals surface area contributed by atoms with Gasteiger partial charge in [-0.1, -0.05) is 20.8 Å². The summed E-state index contributed by atoms with van der Waals surface area (Å²) in [6.07, 6.45) is -0.458. The Morgan fingerprint density at radius 1 is 1.46 bits per heavy atom. The van der Waals surface area contributed by atoms with Gasteiger partial charge in [-0.25, -0.2) is 0 Å². The number of halogens is 1. The number of aliphatic hydroxyl groups is 1. The van der Waals surface area contributed by atoms with Crippen LogP contribution >= 0.6 is 27.5 Å². The molecule has 1 N–H and O–H groups in total. The number of rotatable bonds is 3. The first-order chi connectivity index (χ1) is 6.04. The van der Waals surface area contributed by atoms with E-state index in [0.29, 0.717) is 5.92 Å². The maximum atomic E-state index is 9.94. The minimum atomic E-state index is -0.458. The van der Waals surface area contributed by atoms with Gasteiger partial charge in [0.25, 0.3) is 0 Å². The van der Waals surface area contributed by atoms with Crippen LogP contribution in [0.1, 0.15) is 32.6 Å². The predicted molar refractivity (Wildman–Crippen MR) is 58.8 cm³/mol. The lowest BCUT2D eigenvalue weighted by molar-refractivity contribution is 0.0885. The van der Waals surface area contributed by atoms with Crippen LogP contribution in [0.2, 0.25) is 0 Å². The van der Waals surface area contributed by atoms with Gasteiger partial charge in [-0.05, 0) is 39.3 Å². The summed E-state index contributed by atoms with van der Waals surface area (Å²) in [4.78, 5) is 0. The van der Waals surface area contributed by atoms with Crippen molar-refractivity contribution in [3.63, 3.8) is 0 Å². The summed E-state index contributed by atoms with van der Waals surface area (Å²) in [6.45, 7) is 6.25. The number of aromatic nitrogens is 1. The standard InChI is InChI=1S/C9H14BrNOS/c1-5(2)6(3)9(12)8-7(10)4-13-11-8/h4-6,9,12H,1-3H3. The summed E-state index contributed by atoms with van der Waals surface area (Å²) in [5.41, 5.74) is 0.770. The van der Waals surface area contributed by atoms with Gasteiger partial charge >= 0.3 is 0 Å². The Hall–Kier alpha value is 0.0700. The third-order valence-electron chi connectivity index (χ3n) is 2.38. The highest BCUT2D eigenvalue weighted by molar-refractivity contribution is 9.10. The van der Waals surface area contributed by atoms with Crippen molar-refractivity contribution in [2.45, 2.75) is 26.9 Å². The van der Waals surface area contributed by atoms with E-state index in [2.05, 4.69) is 34.2 Å². The van der Waals surface area contributed by atoms with Crippen molar-refractivity contribution in [3.05, 3.63) is 15.5 Å². The molecule has 0 saturated carbocycles. The normalized spacial score (nSPS) is 16.2. The number of hydrogen-bond donors (Lipinski definition) is 1. The molecule has 0 aliphatic carbocycles. The Kier molecular flexibility index (Phi) is 3.88. The Morgan fingerprint density at radius 2 is 2.08 bits per heavy atom. The Morgan fingerprint density at radius 3 is 2.46 bits per heavy atom. The second kappa shape index (κ2) is 4.53.